The third-order valence-corrected chi connectivity index (χ3v) is 3.43. The Morgan fingerprint density at radius 3 is 2.41 bits per heavy atom. The summed E-state index contributed by atoms with van der Waals surface area (Å²) < 4.78 is 1.84. The van der Waals surface area contributed by atoms with E-state index in [1.54, 1.807) is 11.0 Å². The molecule has 0 aliphatic heterocycles. The van der Waals surface area contributed by atoms with E-state index in [1.807, 2.05) is 42.8 Å². The van der Waals surface area contributed by atoms with Crippen molar-refractivity contribution in [1.82, 2.24) is 14.7 Å². The fourth-order valence-corrected chi connectivity index (χ4v) is 2.47. The van der Waals surface area contributed by atoms with Crippen LogP contribution in [0.3, 0.4) is 0 Å². The summed E-state index contributed by atoms with van der Waals surface area (Å²) in [5, 5.41) is 4.45. The molecule has 2 rings (SSSR count). The second kappa shape index (κ2) is 7.20. The predicted molar refractivity (Wildman–Crippen MR) is 87.1 cm³/mol. The van der Waals surface area contributed by atoms with Gasteiger partial charge in [0.1, 0.15) is 0 Å². The maximum atomic E-state index is 12.6. The average molecular weight is 301 g/mol. The molecule has 0 saturated carbocycles. The number of hydrogen-bond acceptors (Lipinski definition) is 4. The van der Waals surface area contributed by atoms with Crippen molar-refractivity contribution < 1.29 is 4.79 Å². The van der Waals surface area contributed by atoms with E-state index in [1.165, 1.54) is 0 Å². The summed E-state index contributed by atoms with van der Waals surface area (Å²) in [4.78, 5) is 14.3. The molecule has 1 aromatic carbocycles. The topological polar surface area (TPSA) is 90.2 Å². The summed E-state index contributed by atoms with van der Waals surface area (Å²) in [6.45, 7) is 5.78. The Balaban J connectivity index is 2.31. The summed E-state index contributed by atoms with van der Waals surface area (Å²) in [5.74, 6) is -0.0562. The van der Waals surface area contributed by atoms with Crippen LogP contribution in [0.5, 0.6) is 0 Å². The molecule has 0 aliphatic rings. The molecule has 0 aliphatic carbocycles. The highest BCUT2D eigenvalue weighted by Gasteiger charge is 2.15. The van der Waals surface area contributed by atoms with Crippen LogP contribution in [0, 0.1) is 13.8 Å². The zero-order valence-corrected chi connectivity index (χ0v) is 13.1. The monoisotopic (exact) mass is 301 g/mol. The molecule has 1 amide bonds. The lowest BCUT2D eigenvalue weighted by Crippen LogP contribution is -2.38. The van der Waals surface area contributed by atoms with Crippen molar-refractivity contribution in [2.24, 2.45) is 11.5 Å². The van der Waals surface area contributed by atoms with Gasteiger partial charge in [0.2, 0.25) is 0 Å². The van der Waals surface area contributed by atoms with Crippen molar-refractivity contribution >= 4 is 5.91 Å². The molecule has 1 heterocycles. The molecule has 2 aromatic rings. The zero-order valence-electron chi connectivity index (χ0n) is 13.1. The lowest BCUT2D eigenvalue weighted by molar-refractivity contribution is 0.0765. The molecule has 118 valence electrons. The summed E-state index contributed by atoms with van der Waals surface area (Å²) in [5.41, 5.74) is 14.6. The third kappa shape index (κ3) is 3.52. The second-order valence-corrected chi connectivity index (χ2v) is 5.26. The van der Waals surface area contributed by atoms with Crippen LogP contribution in [0.4, 0.5) is 0 Å². The van der Waals surface area contributed by atoms with Crippen LogP contribution in [0.2, 0.25) is 0 Å². The highest BCUT2D eigenvalue weighted by Crippen LogP contribution is 2.15. The van der Waals surface area contributed by atoms with E-state index in [4.69, 9.17) is 11.5 Å². The lowest BCUT2D eigenvalue weighted by Gasteiger charge is -2.21. The number of rotatable bonds is 6. The van der Waals surface area contributed by atoms with Crippen LogP contribution < -0.4 is 11.5 Å². The van der Waals surface area contributed by atoms with Crippen molar-refractivity contribution in [2.45, 2.75) is 13.8 Å². The van der Waals surface area contributed by atoms with Gasteiger partial charge in [0.15, 0.2) is 0 Å². The Morgan fingerprint density at radius 1 is 1.18 bits per heavy atom. The second-order valence-electron chi connectivity index (χ2n) is 5.26. The molecule has 6 nitrogen and oxygen atoms in total. The molecular weight excluding hydrogens is 278 g/mol. The standard InChI is InChI=1S/C16H23N5O/c1-12-10-13(2)21(19-12)15-5-3-4-14(11-15)16(22)20(8-6-17)9-7-18/h3-5,10-11H,6-9,17-18H2,1-2H3. The van der Waals surface area contributed by atoms with Crippen LogP contribution in [-0.2, 0) is 0 Å². The molecule has 6 heteroatoms. The number of nitrogens with zero attached hydrogens (tertiary/aromatic N) is 3. The Labute approximate surface area is 130 Å². The normalized spacial score (nSPS) is 10.7. The molecule has 0 saturated heterocycles. The first-order valence-electron chi connectivity index (χ1n) is 7.40. The third-order valence-electron chi connectivity index (χ3n) is 3.43. The number of aryl methyl sites for hydroxylation is 2. The predicted octanol–water partition coefficient (Wildman–Crippen LogP) is 0.849. The van der Waals surface area contributed by atoms with Gasteiger partial charge in [0.25, 0.3) is 5.91 Å². The molecule has 0 fully saturated rings. The van der Waals surface area contributed by atoms with E-state index < -0.39 is 0 Å². The summed E-state index contributed by atoms with van der Waals surface area (Å²) >= 11 is 0. The Bertz CT molecular complexity index is 644. The van der Waals surface area contributed by atoms with E-state index in [0.717, 1.165) is 17.1 Å². The fraction of sp³-hybridized carbons (Fsp3) is 0.375. The SMILES string of the molecule is Cc1cc(C)n(-c2cccc(C(=O)N(CCN)CCN)c2)n1. The molecule has 4 N–H and O–H groups in total. The minimum absolute atomic E-state index is 0.0562. The summed E-state index contributed by atoms with van der Waals surface area (Å²) in [7, 11) is 0. The van der Waals surface area contributed by atoms with Crippen LogP contribution in [0.25, 0.3) is 5.69 Å². The van der Waals surface area contributed by atoms with Gasteiger partial charge in [-0.15, -0.1) is 0 Å². The number of aromatic nitrogens is 2. The molecular formula is C16H23N5O. The smallest absolute Gasteiger partial charge is 0.254 e. The molecule has 0 spiro atoms. The minimum atomic E-state index is -0.0562. The van der Waals surface area contributed by atoms with Crippen molar-refractivity contribution in [1.29, 1.82) is 0 Å². The average Bonchev–Trinajstić information content (AvgIpc) is 2.85. The van der Waals surface area contributed by atoms with Crippen LogP contribution in [0.15, 0.2) is 30.3 Å². The Morgan fingerprint density at radius 2 is 1.86 bits per heavy atom. The fourth-order valence-electron chi connectivity index (χ4n) is 2.47. The first-order chi connectivity index (χ1) is 10.6. The van der Waals surface area contributed by atoms with Gasteiger partial charge in [-0.2, -0.15) is 5.10 Å². The Kier molecular flexibility index (Phi) is 5.30. The van der Waals surface area contributed by atoms with E-state index >= 15 is 0 Å². The van der Waals surface area contributed by atoms with Gasteiger partial charge in [0, 0.05) is 37.4 Å². The van der Waals surface area contributed by atoms with Crippen LogP contribution in [0.1, 0.15) is 21.7 Å². The van der Waals surface area contributed by atoms with Gasteiger partial charge in [-0.25, -0.2) is 4.68 Å². The maximum Gasteiger partial charge on any atom is 0.254 e. The molecule has 0 radical (unpaired) electrons. The van der Waals surface area contributed by atoms with Gasteiger partial charge in [0.05, 0.1) is 11.4 Å². The molecule has 0 atom stereocenters. The van der Waals surface area contributed by atoms with Crippen molar-refractivity contribution in [3.63, 3.8) is 0 Å². The van der Waals surface area contributed by atoms with E-state index in [0.29, 0.717) is 31.7 Å². The van der Waals surface area contributed by atoms with Gasteiger partial charge < -0.3 is 16.4 Å². The number of benzene rings is 1. The van der Waals surface area contributed by atoms with Crippen LogP contribution >= 0.6 is 0 Å². The van der Waals surface area contributed by atoms with Crippen molar-refractivity contribution in [3.8, 4) is 5.69 Å². The maximum absolute atomic E-state index is 12.6. The van der Waals surface area contributed by atoms with Crippen molar-refractivity contribution in [3.05, 3.63) is 47.3 Å². The molecule has 0 unspecified atom stereocenters. The molecule has 0 bridgehead atoms. The zero-order chi connectivity index (χ0) is 16.1. The number of carbonyl (C=O) groups excluding carboxylic acids is 1. The highest BCUT2D eigenvalue weighted by molar-refractivity contribution is 5.94. The lowest BCUT2D eigenvalue weighted by atomic mass is 10.1. The summed E-state index contributed by atoms with van der Waals surface area (Å²) in [6, 6.07) is 9.46. The minimum Gasteiger partial charge on any atom is -0.336 e. The van der Waals surface area contributed by atoms with E-state index in [9.17, 15) is 4.79 Å². The first-order valence-corrected chi connectivity index (χ1v) is 7.40. The molecule has 1 aromatic heterocycles. The van der Waals surface area contributed by atoms with Gasteiger partial charge >= 0.3 is 0 Å². The number of hydrogen-bond donors (Lipinski definition) is 2. The Hall–Kier alpha value is -2.18. The van der Waals surface area contributed by atoms with Gasteiger partial charge in [-0.1, -0.05) is 6.07 Å². The van der Waals surface area contributed by atoms with Gasteiger partial charge in [-0.05, 0) is 38.1 Å². The first kappa shape index (κ1) is 16.2. The van der Waals surface area contributed by atoms with Gasteiger partial charge in [-0.3, -0.25) is 4.79 Å². The summed E-state index contributed by atoms with van der Waals surface area (Å²) in [6.07, 6.45) is 0. The van der Waals surface area contributed by atoms with Crippen LogP contribution in [-0.4, -0.2) is 46.8 Å². The highest BCUT2D eigenvalue weighted by atomic mass is 16.2. The van der Waals surface area contributed by atoms with Crippen molar-refractivity contribution in [2.75, 3.05) is 26.2 Å². The number of amides is 1. The largest absolute Gasteiger partial charge is 0.336 e. The molecule has 22 heavy (non-hydrogen) atoms. The van der Waals surface area contributed by atoms with E-state index in [2.05, 4.69) is 5.10 Å². The number of nitrogens with two attached hydrogens (primary N) is 2. The van der Waals surface area contributed by atoms with E-state index in [-0.39, 0.29) is 5.91 Å². The quantitative estimate of drug-likeness (QED) is 0.827. The number of carbonyl (C=O) groups is 1.